The summed E-state index contributed by atoms with van der Waals surface area (Å²) in [6.45, 7) is 0.512. The summed E-state index contributed by atoms with van der Waals surface area (Å²) in [5, 5.41) is 7.22. The normalized spacial score (nSPS) is 13.3. The van der Waals surface area contributed by atoms with Gasteiger partial charge in [0.25, 0.3) is 5.91 Å². The molecule has 0 unspecified atom stereocenters. The number of imide groups is 1. The van der Waals surface area contributed by atoms with Crippen LogP contribution in [0.5, 0.6) is 0 Å². The summed E-state index contributed by atoms with van der Waals surface area (Å²) < 4.78 is 3.64. The largest absolute Gasteiger partial charge is 0.292 e. The first-order valence-electron chi connectivity index (χ1n) is 13.4. The topological polar surface area (TPSA) is 102 Å². The maximum atomic E-state index is 13.2. The number of hydrogen-bond donors (Lipinski definition) is 1. The first-order chi connectivity index (χ1) is 19.0. The van der Waals surface area contributed by atoms with Gasteiger partial charge in [-0.3, -0.25) is 33.8 Å². The third kappa shape index (κ3) is 6.31. The molecule has 1 saturated heterocycles. The predicted molar refractivity (Wildman–Crippen MR) is 148 cm³/mol. The number of amides is 3. The minimum absolute atomic E-state index is 0.0511. The second kappa shape index (κ2) is 11.9. The highest BCUT2D eigenvalue weighted by molar-refractivity contribution is 6.04. The first kappa shape index (κ1) is 26.1. The molecule has 1 fully saturated rings. The predicted octanol–water partition coefficient (Wildman–Crippen LogP) is 4.78. The lowest BCUT2D eigenvalue weighted by atomic mass is 10.1. The number of carbonyl (C=O) groups is 3. The zero-order chi connectivity index (χ0) is 27.2. The summed E-state index contributed by atoms with van der Waals surface area (Å²) in [5.41, 5.74) is 4.20. The Bertz CT molecular complexity index is 1460. The number of hydrogen-bond acceptors (Lipinski definition) is 5. The number of benzene rings is 2. The van der Waals surface area contributed by atoms with Gasteiger partial charge in [-0.2, -0.15) is 5.10 Å². The van der Waals surface area contributed by atoms with Crippen LogP contribution < -0.4 is 5.32 Å². The van der Waals surface area contributed by atoms with Gasteiger partial charge in [-0.1, -0.05) is 43.2 Å². The van der Waals surface area contributed by atoms with Crippen LogP contribution in [0.2, 0.25) is 0 Å². The van der Waals surface area contributed by atoms with Crippen molar-refractivity contribution in [3.63, 3.8) is 0 Å². The molecular formula is C30H32N6O3. The quantitative estimate of drug-likeness (QED) is 0.225. The molecule has 0 bridgehead atoms. The van der Waals surface area contributed by atoms with E-state index >= 15 is 0 Å². The van der Waals surface area contributed by atoms with E-state index < -0.39 is 0 Å². The van der Waals surface area contributed by atoms with Gasteiger partial charge in [0.05, 0.1) is 11.9 Å². The van der Waals surface area contributed by atoms with E-state index in [0.717, 1.165) is 54.6 Å². The molecule has 1 aliphatic heterocycles. The maximum absolute atomic E-state index is 13.2. The van der Waals surface area contributed by atoms with Crippen LogP contribution in [-0.4, -0.2) is 48.5 Å². The van der Waals surface area contributed by atoms with E-state index in [1.54, 1.807) is 16.9 Å². The molecule has 4 aromatic rings. The third-order valence-corrected chi connectivity index (χ3v) is 6.90. The van der Waals surface area contributed by atoms with Gasteiger partial charge in [-0.15, -0.1) is 0 Å². The molecule has 0 atom stereocenters. The van der Waals surface area contributed by atoms with Crippen molar-refractivity contribution < 1.29 is 14.4 Å². The Hall–Kier alpha value is -4.53. The number of carbonyl (C=O) groups excluding carboxylic acids is 3. The number of nitrogens with one attached hydrogen (secondary N) is 1. The molecule has 9 heteroatoms. The number of para-hydroxylation sites is 1. The number of anilines is 1. The lowest BCUT2D eigenvalue weighted by Crippen LogP contribution is -2.29. The summed E-state index contributed by atoms with van der Waals surface area (Å²) in [5.74, 6) is 0.134. The van der Waals surface area contributed by atoms with E-state index in [9.17, 15) is 14.4 Å². The zero-order valence-electron chi connectivity index (χ0n) is 22.0. The molecule has 2 aromatic heterocycles. The number of likely N-dealkylation sites (tertiary alicyclic amines) is 1. The van der Waals surface area contributed by atoms with E-state index in [-0.39, 0.29) is 17.7 Å². The number of rotatable bonds is 11. The van der Waals surface area contributed by atoms with Crippen molar-refractivity contribution in [2.45, 2.75) is 44.9 Å². The number of aryl methyl sites for hydroxylation is 2. The van der Waals surface area contributed by atoms with Crippen LogP contribution in [0.15, 0.2) is 73.2 Å². The molecule has 200 valence electrons. The number of imidazole rings is 1. The summed E-state index contributed by atoms with van der Waals surface area (Å²) >= 11 is 0. The molecule has 5 rings (SSSR count). The van der Waals surface area contributed by atoms with Crippen LogP contribution in [-0.2, 0) is 23.1 Å². The van der Waals surface area contributed by atoms with Crippen molar-refractivity contribution >= 4 is 23.7 Å². The molecular weight excluding hydrogens is 492 g/mol. The molecule has 2 aromatic carbocycles. The Balaban J connectivity index is 1.23. The van der Waals surface area contributed by atoms with Crippen molar-refractivity contribution in [3.8, 4) is 16.8 Å². The van der Waals surface area contributed by atoms with Crippen LogP contribution >= 0.6 is 0 Å². The Labute approximate surface area is 227 Å². The lowest BCUT2D eigenvalue weighted by molar-refractivity contribution is -0.138. The molecule has 3 heterocycles. The molecule has 0 spiro atoms. The molecule has 0 aliphatic carbocycles. The second-order valence-corrected chi connectivity index (χ2v) is 9.80. The highest BCUT2D eigenvalue weighted by Crippen LogP contribution is 2.22. The van der Waals surface area contributed by atoms with Crippen molar-refractivity contribution in [1.82, 2.24) is 24.2 Å². The van der Waals surface area contributed by atoms with E-state index in [4.69, 9.17) is 4.98 Å². The average Bonchev–Trinajstić information content (AvgIpc) is 3.65. The SMILES string of the molecule is Cn1cc(-c2cccc(C(=O)Nc3nc(CCCCCCN4C(=O)CCC4=O)cn3-c3ccccc3)c2)cn1. The lowest BCUT2D eigenvalue weighted by Gasteiger charge is -2.12. The fraction of sp³-hybridized carbons (Fsp3) is 0.300. The van der Waals surface area contributed by atoms with Gasteiger partial charge in [-0.25, -0.2) is 4.98 Å². The maximum Gasteiger partial charge on any atom is 0.258 e. The molecule has 0 saturated carbocycles. The number of unbranched alkanes of at least 4 members (excludes halogenated alkanes) is 3. The summed E-state index contributed by atoms with van der Waals surface area (Å²) in [6.07, 6.45) is 10.8. The fourth-order valence-electron chi connectivity index (χ4n) is 4.81. The smallest absolute Gasteiger partial charge is 0.258 e. The Morgan fingerprint density at radius 2 is 1.67 bits per heavy atom. The monoisotopic (exact) mass is 524 g/mol. The van der Waals surface area contributed by atoms with Gasteiger partial charge in [0.1, 0.15) is 0 Å². The summed E-state index contributed by atoms with van der Waals surface area (Å²) in [6, 6.07) is 17.3. The van der Waals surface area contributed by atoms with Crippen molar-refractivity contribution in [2.24, 2.45) is 7.05 Å². The Kier molecular flexibility index (Phi) is 7.96. The van der Waals surface area contributed by atoms with Crippen LogP contribution in [0.3, 0.4) is 0 Å². The number of nitrogens with zero attached hydrogens (tertiary/aromatic N) is 5. The van der Waals surface area contributed by atoms with Gasteiger partial charge in [0.15, 0.2) is 0 Å². The van der Waals surface area contributed by atoms with Crippen LogP contribution in [0.4, 0.5) is 5.95 Å². The fourth-order valence-corrected chi connectivity index (χ4v) is 4.81. The van der Waals surface area contributed by atoms with Crippen LogP contribution in [0.1, 0.15) is 54.6 Å². The molecule has 3 amide bonds. The number of aromatic nitrogens is 4. The van der Waals surface area contributed by atoms with Gasteiger partial charge in [0.2, 0.25) is 17.8 Å². The van der Waals surface area contributed by atoms with Crippen molar-refractivity contribution in [1.29, 1.82) is 0 Å². The van der Waals surface area contributed by atoms with Crippen molar-refractivity contribution in [3.05, 3.63) is 84.4 Å². The van der Waals surface area contributed by atoms with Crippen LogP contribution in [0.25, 0.3) is 16.8 Å². The second-order valence-electron chi connectivity index (χ2n) is 9.80. The molecule has 1 N–H and O–H groups in total. The van der Waals surface area contributed by atoms with Crippen LogP contribution in [0, 0.1) is 0 Å². The molecule has 39 heavy (non-hydrogen) atoms. The van der Waals surface area contributed by atoms with Gasteiger partial charge in [-0.05, 0) is 49.1 Å². The van der Waals surface area contributed by atoms with E-state index in [0.29, 0.717) is 30.9 Å². The first-order valence-corrected chi connectivity index (χ1v) is 13.4. The highest BCUT2D eigenvalue weighted by Gasteiger charge is 2.27. The molecule has 0 radical (unpaired) electrons. The standard InChI is InChI=1S/C30H32N6O3/c1-34-20-24(19-31-34)22-10-9-11-23(18-22)29(39)33-30-32-25(21-36(30)26-13-6-4-7-14-26)12-5-2-3-8-17-35-27(37)15-16-28(35)38/h4,6-7,9-11,13-14,18-21H,2-3,5,8,12,15-17H2,1H3,(H,32,33,39). The Morgan fingerprint density at radius 3 is 2.41 bits per heavy atom. The van der Waals surface area contributed by atoms with E-state index in [1.165, 1.54) is 4.90 Å². The minimum atomic E-state index is -0.235. The van der Waals surface area contributed by atoms with Gasteiger partial charge >= 0.3 is 0 Å². The minimum Gasteiger partial charge on any atom is -0.292 e. The molecule has 9 nitrogen and oxygen atoms in total. The Morgan fingerprint density at radius 1 is 0.897 bits per heavy atom. The summed E-state index contributed by atoms with van der Waals surface area (Å²) in [4.78, 5) is 42.9. The zero-order valence-corrected chi connectivity index (χ0v) is 22.0. The molecule has 1 aliphatic rings. The van der Waals surface area contributed by atoms with Gasteiger partial charge < -0.3 is 0 Å². The van der Waals surface area contributed by atoms with Crippen molar-refractivity contribution in [2.75, 3.05) is 11.9 Å². The highest BCUT2D eigenvalue weighted by atomic mass is 16.2. The third-order valence-electron chi connectivity index (χ3n) is 6.90. The van der Waals surface area contributed by atoms with E-state index in [2.05, 4.69) is 10.4 Å². The summed E-state index contributed by atoms with van der Waals surface area (Å²) in [7, 11) is 1.86. The van der Waals surface area contributed by atoms with Gasteiger partial charge in [0, 0.05) is 55.6 Å². The van der Waals surface area contributed by atoms with E-state index in [1.807, 2.05) is 72.5 Å². The average molecular weight is 525 g/mol.